The standard InChI is InChI=1S/C12H24O2/c1-5-6-7-8-11(9-10-13)14-12(2,3)4/h10-11H,5-9H2,1-4H3. The summed E-state index contributed by atoms with van der Waals surface area (Å²) in [6, 6.07) is 0. The molecule has 0 aliphatic carbocycles. The molecule has 0 aromatic carbocycles. The van der Waals surface area contributed by atoms with Gasteiger partial charge >= 0.3 is 0 Å². The molecule has 2 nitrogen and oxygen atoms in total. The molecule has 0 aromatic rings. The largest absolute Gasteiger partial charge is 0.372 e. The molecule has 14 heavy (non-hydrogen) atoms. The monoisotopic (exact) mass is 200 g/mol. The van der Waals surface area contributed by atoms with Crippen LogP contribution in [0, 0.1) is 0 Å². The summed E-state index contributed by atoms with van der Waals surface area (Å²) in [6.45, 7) is 8.28. The number of hydrogen-bond donors (Lipinski definition) is 0. The number of carbonyl (C=O) groups excluding carboxylic acids is 1. The summed E-state index contributed by atoms with van der Waals surface area (Å²) in [5, 5.41) is 0. The van der Waals surface area contributed by atoms with E-state index >= 15 is 0 Å². The van der Waals surface area contributed by atoms with Crippen LogP contribution < -0.4 is 0 Å². The van der Waals surface area contributed by atoms with Crippen molar-refractivity contribution in [2.45, 2.75) is 71.5 Å². The first kappa shape index (κ1) is 13.6. The summed E-state index contributed by atoms with van der Waals surface area (Å²) < 4.78 is 5.79. The maximum atomic E-state index is 10.5. The predicted octanol–water partition coefficient (Wildman–Crippen LogP) is 3.34. The molecule has 0 aliphatic rings. The highest BCUT2D eigenvalue weighted by molar-refractivity contribution is 5.50. The zero-order valence-corrected chi connectivity index (χ0v) is 10.0. The van der Waals surface area contributed by atoms with Crippen molar-refractivity contribution in [2.75, 3.05) is 0 Å². The zero-order valence-electron chi connectivity index (χ0n) is 10.0. The topological polar surface area (TPSA) is 26.3 Å². The van der Waals surface area contributed by atoms with Crippen LogP contribution in [0.1, 0.15) is 59.8 Å². The average molecular weight is 200 g/mol. The molecule has 1 unspecified atom stereocenters. The van der Waals surface area contributed by atoms with E-state index in [-0.39, 0.29) is 11.7 Å². The van der Waals surface area contributed by atoms with Gasteiger partial charge in [-0.3, -0.25) is 0 Å². The van der Waals surface area contributed by atoms with E-state index in [1.54, 1.807) is 0 Å². The summed E-state index contributed by atoms with van der Waals surface area (Å²) in [5.74, 6) is 0. The van der Waals surface area contributed by atoms with Crippen molar-refractivity contribution in [1.82, 2.24) is 0 Å². The minimum Gasteiger partial charge on any atom is -0.372 e. The third kappa shape index (κ3) is 8.24. The van der Waals surface area contributed by atoms with Gasteiger partial charge in [0, 0.05) is 6.42 Å². The van der Waals surface area contributed by atoms with Crippen molar-refractivity contribution in [2.24, 2.45) is 0 Å². The third-order valence-corrected chi connectivity index (χ3v) is 2.01. The van der Waals surface area contributed by atoms with Crippen molar-refractivity contribution >= 4 is 6.29 Å². The molecule has 0 rings (SSSR count). The Morgan fingerprint density at radius 3 is 2.36 bits per heavy atom. The number of aldehydes is 1. The Bertz CT molecular complexity index is 147. The van der Waals surface area contributed by atoms with Crippen molar-refractivity contribution in [3.8, 4) is 0 Å². The molecular formula is C12H24O2. The smallest absolute Gasteiger partial charge is 0.122 e. The van der Waals surface area contributed by atoms with E-state index in [9.17, 15) is 4.79 Å². The van der Waals surface area contributed by atoms with Gasteiger partial charge in [0.25, 0.3) is 0 Å². The Morgan fingerprint density at radius 1 is 1.29 bits per heavy atom. The zero-order chi connectivity index (χ0) is 11.0. The Kier molecular flexibility index (Phi) is 6.81. The normalized spacial score (nSPS) is 14.0. The Morgan fingerprint density at radius 2 is 1.93 bits per heavy atom. The molecule has 0 heterocycles. The van der Waals surface area contributed by atoms with E-state index in [0.717, 1.165) is 19.1 Å². The summed E-state index contributed by atoms with van der Waals surface area (Å²) in [7, 11) is 0. The van der Waals surface area contributed by atoms with Crippen molar-refractivity contribution in [3.05, 3.63) is 0 Å². The van der Waals surface area contributed by atoms with E-state index in [2.05, 4.69) is 6.92 Å². The maximum absolute atomic E-state index is 10.5. The molecule has 0 saturated heterocycles. The SMILES string of the molecule is CCCCCC(CC=O)OC(C)(C)C. The van der Waals surface area contributed by atoms with Gasteiger partial charge in [0.05, 0.1) is 11.7 Å². The fourth-order valence-corrected chi connectivity index (χ4v) is 1.45. The van der Waals surface area contributed by atoms with E-state index in [1.807, 2.05) is 20.8 Å². The second-order valence-electron chi connectivity index (χ2n) is 4.75. The van der Waals surface area contributed by atoms with E-state index in [1.165, 1.54) is 12.8 Å². The highest BCUT2D eigenvalue weighted by Gasteiger charge is 2.17. The minimum atomic E-state index is -0.139. The van der Waals surface area contributed by atoms with Gasteiger partial charge in [-0.1, -0.05) is 26.2 Å². The van der Waals surface area contributed by atoms with E-state index in [4.69, 9.17) is 4.74 Å². The van der Waals surface area contributed by atoms with Gasteiger partial charge in [-0.2, -0.15) is 0 Å². The van der Waals surface area contributed by atoms with Crippen LogP contribution in [0.5, 0.6) is 0 Å². The van der Waals surface area contributed by atoms with Gasteiger partial charge in [0.1, 0.15) is 6.29 Å². The first-order valence-corrected chi connectivity index (χ1v) is 5.61. The molecule has 1 atom stereocenters. The lowest BCUT2D eigenvalue weighted by Crippen LogP contribution is -2.27. The maximum Gasteiger partial charge on any atom is 0.122 e. The van der Waals surface area contributed by atoms with Gasteiger partial charge in [-0.15, -0.1) is 0 Å². The van der Waals surface area contributed by atoms with Crippen LogP contribution in [0.15, 0.2) is 0 Å². The Balaban J connectivity index is 3.83. The van der Waals surface area contributed by atoms with Crippen LogP contribution in [-0.4, -0.2) is 18.0 Å². The van der Waals surface area contributed by atoms with Gasteiger partial charge in [-0.25, -0.2) is 0 Å². The van der Waals surface area contributed by atoms with Crippen LogP contribution in [-0.2, 0) is 9.53 Å². The second-order valence-corrected chi connectivity index (χ2v) is 4.75. The lowest BCUT2D eigenvalue weighted by atomic mass is 10.1. The molecule has 84 valence electrons. The van der Waals surface area contributed by atoms with Crippen molar-refractivity contribution in [1.29, 1.82) is 0 Å². The van der Waals surface area contributed by atoms with Gasteiger partial charge < -0.3 is 9.53 Å². The quantitative estimate of drug-likeness (QED) is 0.465. The first-order chi connectivity index (χ1) is 6.49. The Labute approximate surface area is 88.0 Å². The number of carbonyl (C=O) groups is 1. The molecular weight excluding hydrogens is 176 g/mol. The molecule has 2 heteroatoms. The molecule has 0 radical (unpaired) electrons. The van der Waals surface area contributed by atoms with Crippen LogP contribution in [0.2, 0.25) is 0 Å². The molecule has 0 N–H and O–H groups in total. The second kappa shape index (κ2) is 6.99. The lowest BCUT2D eigenvalue weighted by molar-refractivity contribution is -0.114. The molecule has 0 amide bonds. The van der Waals surface area contributed by atoms with Crippen LogP contribution in [0.3, 0.4) is 0 Å². The summed E-state index contributed by atoms with van der Waals surface area (Å²) in [4.78, 5) is 10.5. The summed E-state index contributed by atoms with van der Waals surface area (Å²) in [6.07, 6.45) is 6.20. The molecule has 0 aromatic heterocycles. The number of hydrogen-bond acceptors (Lipinski definition) is 2. The minimum absolute atomic E-state index is 0.110. The summed E-state index contributed by atoms with van der Waals surface area (Å²) in [5.41, 5.74) is -0.139. The van der Waals surface area contributed by atoms with Gasteiger partial charge in [-0.05, 0) is 27.2 Å². The molecule has 0 saturated carbocycles. The van der Waals surface area contributed by atoms with Crippen LogP contribution >= 0.6 is 0 Å². The lowest BCUT2D eigenvalue weighted by Gasteiger charge is -2.26. The van der Waals surface area contributed by atoms with Crippen molar-refractivity contribution in [3.63, 3.8) is 0 Å². The van der Waals surface area contributed by atoms with E-state index in [0.29, 0.717) is 6.42 Å². The number of unbranched alkanes of at least 4 members (excludes halogenated alkanes) is 2. The highest BCUT2D eigenvalue weighted by Crippen LogP contribution is 2.17. The fourth-order valence-electron chi connectivity index (χ4n) is 1.45. The van der Waals surface area contributed by atoms with Crippen molar-refractivity contribution < 1.29 is 9.53 Å². The fraction of sp³-hybridized carbons (Fsp3) is 0.917. The molecule has 0 fully saturated rings. The number of rotatable bonds is 7. The van der Waals surface area contributed by atoms with Gasteiger partial charge in [0.2, 0.25) is 0 Å². The van der Waals surface area contributed by atoms with Crippen LogP contribution in [0.4, 0.5) is 0 Å². The highest BCUT2D eigenvalue weighted by atomic mass is 16.5. The predicted molar refractivity (Wildman–Crippen MR) is 59.4 cm³/mol. The van der Waals surface area contributed by atoms with Crippen LogP contribution in [0.25, 0.3) is 0 Å². The number of ether oxygens (including phenoxy) is 1. The van der Waals surface area contributed by atoms with Gasteiger partial charge in [0.15, 0.2) is 0 Å². The third-order valence-electron chi connectivity index (χ3n) is 2.01. The van der Waals surface area contributed by atoms with E-state index < -0.39 is 0 Å². The average Bonchev–Trinajstić information content (AvgIpc) is 2.02. The molecule has 0 aliphatic heterocycles. The molecule has 0 bridgehead atoms. The molecule has 0 spiro atoms. The summed E-state index contributed by atoms with van der Waals surface area (Å²) >= 11 is 0. The Hall–Kier alpha value is -0.370. The first-order valence-electron chi connectivity index (χ1n) is 5.61.